The first kappa shape index (κ1) is 11.2. The zero-order chi connectivity index (χ0) is 10.7. The summed E-state index contributed by atoms with van der Waals surface area (Å²) in [7, 11) is 1.67. The monoisotopic (exact) mass is 266 g/mol. The van der Waals surface area contributed by atoms with Crippen molar-refractivity contribution in [3.63, 3.8) is 0 Å². The van der Waals surface area contributed by atoms with E-state index in [9.17, 15) is 13.6 Å². The van der Waals surface area contributed by atoms with Crippen LogP contribution in [0.4, 0.5) is 8.78 Å². The zero-order valence-electron chi connectivity index (χ0n) is 7.43. The van der Waals surface area contributed by atoms with E-state index in [2.05, 4.69) is 21.2 Å². The van der Waals surface area contributed by atoms with E-state index in [4.69, 9.17) is 0 Å². The van der Waals surface area contributed by atoms with E-state index < -0.39 is 18.9 Å². The fourth-order valence-corrected chi connectivity index (χ4v) is 1.53. The van der Waals surface area contributed by atoms with Crippen molar-refractivity contribution in [1.29, 1.82) is 0 Å². The summed E-state index contributed by atoms with van der Waals surface area (Å²) in [4.78, 5) is 11.3. The van der Waals surface area contributed by atoms with E-state index in [0.717, 1.165) is 4.47 Å². The van der Waals surface area contributed by atoms with Crippen LogP contribution in [0.15, 0.2) is 16.7 Å². The van der Waals surface area contributed by atoms with Gasteiger partial charge in [-0.05, 0) is 22.0 Å². The maximum Gasteiger partial charge on any atom is 0.268 e. The number of amides is 1. The summed E-state index contributed by atoms with van der Waals surface area (Å²) in [5.74, 6) is -0.501. The molecule has 0 aromatic carbocycles. The maximum atomic E-state index is 11.8. The fourth-order valence-electron chi connectivity index (χ4n) is 1.01. The van der Waals surface area contributed by atoms with E-state index in [0.29, 0.717) is 5.69 Å². The third-order valence-electron chi connectivity index (χ3n) is 1.62. The molecule has 0 atom stereocenters. The summed E-state index contributed by atoms with van der Waals surface area (Å²) in [6.07, 6.45) is -0.847. The average molecular weight is 267 g/mol. The second-order valence-electron chi connectivity index (χ2n) is 2.76. The molecule has 6 heteroatoms. The summed E-state index contributed by atoms with van der Waals surface area (Å²) in [6, 6.07) is 1.57. The number of aryl methyl sites for hydroxylation is 1. The van der Waals surface area contributed by atoms with E-state index in [1.165, 1.54) is 0 Å². The number of rotatable bonds is 3. The molecule has 0 aliphatic carbocycles. The number of hydrogen-bond donors (Lipinski definition) is 1. The normalized spacial score (nSPS) is 10.6. The first-order chi connectivity index (χ1) is 6.50. The minimum Gasteiger partial charge on any atom is -0.345 e. The Morgan fingerprint density at radius 3 is 2.79 bits per heavy atom. The number of carbonyl (C=O) groups is 1. The lowest BCUT2D eigenvalue weighted by molar-refractivity contribution is 0.0884. The molecule has 1 heterocycles. The number of alkyl halides is 2. The minimum absolute atomic E-state index is 0.345. The van der Waals surface area contributed by atoms with Crippen molar-refractivity contribution in [3.8, 4) is 0 Å². The quantitative estimate of drug-likeness (QED) is 0.889. The molecule has 0 unspecified atom stereocenters. The summed E-state index contributed by atoms with van der Waals surface area (Å²) < 4.78 is 25.9. The topological polar surface area (TPSA) is 34.0 Å². The number of nitrogens with zero attached hydrogens (tertiary/aromatic N) is 1. The van der Waals surface area contributed by atoms with Crippen LogP contribution < -0.4 is 5.32 Å². The number of aromatic nitrogens is 1. The molecular weight excluding hydrogens is 258 g/mol. The molecular formula is C8H9BrF2N2O. The van der Waals surface area contributed by atoms with Gasteiger partial charge in [-0.1, -0.05) is 0 Å². The van der Waals surface area contributed by atoms with Crippen LogP contribution in [-0.4, -0.2) is 23.4 Å². The first-order valence-electron chi connectivity index (χ1n) is 3.89. The van der Waals surface area contributed by atoms with Gasteiger partial charge in [0.05, 0.1) is 6.54 Å². The molecule has 1 aromatic rings. The molecule has 1 amide bonds. The van der Waals surface area contributed by atoms with Crippen LogP contribution >= 0.6 is 15.9 Å². The van der Waals surface area contributed by atoms with Gasteiger partial charge in [-0.25, -0.2) is 8.78 Å². The second-order valence-corrected chi connectivity index (χ2v) is 3.67. The second kappa shape index (κ2) is 4.54. The van der Waals surface area contributed by atoms with Gasteiger partial charge in [-0.15, -0.1) is 0 Å². The van der Waals surface area contributed by atoms with Crippen molar-refractivity contribution in [2.45, 2.75) is 6.43 Å². The molecule has 78 valence electrons. The lowest BCUT2D eigenvalue weighted by atomic mass is 10.4. The molecule has 0 radical (unpaired) electrons. The van der Waals surface area contributed by atoms with Crippen molar-refractivity contribution in [3.05, 3.63) is 22.4 Å². The molecule has 1 aromatic heterocycles. The number of hydrogen-bond acceptors (Lipinski definition) is 1. The number of nitrogens with one attached hydrogen (secondary N) is 1. The van der Waals surface area contributed by atoms with E-state index >= 15 is 0 Å². The standard InChI is InChI=1S/C8H9BrF2N2O/c1-13-4-5(9)2-6(13)8(14)12-3-7(10)11/h2,4,7H,3H2,1H3,(H,12,14). The van der Waals surface area contributed by atoms with Crippen LogP contribution in [-0.2, 0) is 7.05 Å². The highest BCUT2D eigenvalue weighted by molar-refractivity contribution is 9.10. The highest BCUT2D eigenvalue weighted by Crippen LogP contribution is 2.13. The predicted octanol–water partition coefficient (Wildman–Crippen LogP) is 1.78. The van der Waals surface area contributed by atoms with Crippen LogP contribution in [0.1, 0.15) is 10.5 Å². The van der Waals surface area contributed by atoms with Crippen molar-refractivity contribution >= 4 is 21.8 Å². The molecule has 0 aliphatic rings. The van der Waals surface area contributed by atoms with Crippen LogP contribution in [0, 0.1) is 0 Å². The molecule has 3 nitrogen and oxygen atoms in total. The van der Waals surface area contributed by atoms with Gasteiger partial charge < -0.3 is 9.88 Å². The highest BCUT2D eigenvalue weighted by atomic mass is 79.9. The summed E-state index contributed by atoms with van der Waals surface area (Å²) in [5.41, 5.74) is 0.345. The van der Waals surface area contributed by atoms with Gasteiger partial charge in [-0.2, -0.15) is 0 Å². The molecule has 0 saturated heterocycles. The first-order valence-corrected chi connectivity index (χ1v) is 4.68. The van der Waals surface area contributed by atoms with Gasteiger partial charge in [0.25, 0.3) is 12.3 Å². The van der Waals surface area contributed by atoms with Crippen molar-refractivity contribution in [1.82, 2.24) is 9.88 Å². The number of halogens is 3. The third-order valence-corrected chi connectivity index (χ3v) is 2.05. The van der Waals surface area contributed by atoms with Crippen LogP contribution in [0.3, 0.4) is 0 Å². The zero-order valence-corrected chi connectivity index (χ0v) is 9.01. The smallest absolute Gasteiger partial charge is 0.268 e. The van der Waals surface area contributed by atoms with Crippen LogP contribution in [0.5, 0.6) is 0 Å². The Morgan fingerprint density at radius 2 is 2.36 bits per heavy atom. The molecule has 14 heavy (non-hydrogen) atoms. The van der Waals surface area contributed by atoms with E-state index in [1.54, 1.807) is 23.9 Å². The summed E-state index contributed by atoms with van der Waals surface area (Å²) in [6.45, 7) is -0.623. The summed E-state index contributed by atoms with van der Waals surface area (Å²) in [5, 5.41) is 2.12. The van der Waals surface area contributed by atoms with Gasteiger partial charge in [0.15, 0.2) is 0 Å². The van der Waals surface area contributed by atoms with Gasteiger partial charge in [-0.3, -0.25) is 4.79 Å². The Kier molecular flexibility index (Phi) is 3.62. The van der Waals surface area contributed by atoms with Crippen LogP contribution in [0.25, 0.3) is 0 Å². The Labute approximate surface area is 88.2 Å². The van der Waals surface area contributed by atoms with Gasteiger partial charge in [0.2, 0.25) is 0 Å². The van der Waals surface area contributed by atoms with Gasteiger partial charge in [0, 0.05) is 17.7 Å². The Hall–Kier alpha value is -0.910. The minimum atomic E-state index is -2.53. The van der Waals surface area contributed by atoms with Gasteiger partial charge in [0.1, 0.15) is 5.69 Å². The molecule has 1 N–H and O–H groups in total. The Balaban J connectivity index is 2.65. The molecule has 0 fully saturated rings. The molecule has 0 spiro atoms. The highest BCUT2D eigenvalue weighted by Gasteiger charge is 2.12. The molecule has 1 rings (SSSR count). The van der Waals surface area contributed by atoms with Crippen molar-refractivity contribution < 1.29 is 13.6 Å². The summed E-state index contributed by atoms with van der Waals surface area (Å²) >= 11 is 3.18. The lowest BCUT2D eigenvalue weighted by Crippen LogP contribution is -2.29. The van der Waals surface area contributed by atoms with E-state index in [1.807, 2.05) is 0 Å². The fraction of sp³-hybridized carbons (Fsp3) is 0.375. The molecule has 0 saturated carbocycles. The molecule has 0 aliphatic heterocycles. The predicted molar refractivity (Wildman–Crippen MR) is 51.5 cm³/mol. The van der Waals surface area contributed by atoms with Gasteiger partial charge >= 0.3 is 0 Å². The van der Waals surface area contributed by atoms with E-state index in [-0.39, 0.29) is 0 Å². The third kappa shape index (κ3) is 2.80. The molecule has 0 bridgehead atoms. The van der Waals surface area contributed by atoms with Crippen molar-refractivity contribution in [2.24, 2.45) is 7.05 Å². The Bertz CT molecular complexity index is 338. The average Bonchev–Trinajstić information content (AvgIpc) is 2.41. The van der Waals surface area contributed by atoms with Crippen LogP contribution in [0.2, 0.25) is 0 Å². The lowest BCUT2D eigenvalue weighted by Gasteiger charge is -2.04. The number of carbonyl (C=O) groups excluding carboxylic acids is 1. The largest absolute Gasteiger partial charge is 0.345 e. The Morgan fingerprint density at radius 1 is 1.71 bits per heavy atom. The van der Waals surface area contributed by atoms with Crippen molar-refractivity contribution in [2.75, 3.05) is 6.54 Å². The SMILES string of the molecule is Cn1cc(Br)cc1C(=O)NCC(F)F. The maximum absolute atomic E-state index is 11.8.